The lowest BCUT2D eigenvalue weighted by atomic mass is 10.2. The summed E-state index contributed by atoms with van der Waals surface area (Å²) in [7, 11) is 3.57. The molecule has 21 heavy (non-hydrogen) atoms. The molecule has 1 aromatic heterocycles. The highest BCUT2D eigenvalue weighted by Gasteiger charge is 2.22. The van der Waals surface area contributed by atoms with Crippen molar-refractivity contribution in [3.63, 3.8) is 0 Å². The van der Waals surface area contributed by atoms with E-state index in [0.717, 1.165) is 24.0 Å². The molecule has 0 spiro atoms. The molecule has 2 rings (SSSR count). The second-order valence-electron chi connectivity index (χ2n) is 5.72. The van der Waals surface area contributed by atoms with Gasteiger partial charge in [-0.25, -0.2) is 4.79 Å². The fraction of sp³-hybridized carbons (Fsp3) is 0.714. The van der Waals surface area contributed by atoms with Crippen LogP contribution in [0.1, 0.15) is 26.2 Å². The quantitative estimate of drug-likeness (QED) is 0.801. The van der Waals surface area contributed by atoms with Gasteiger partial charge in [-0.3, -0.25) is 13.9 Å². The van der Waals surface area contributed by atoms with Crippen molar-refractivity contribution in [1.82, 2.24) is 14.0 Å². The third kappa shape index (κ3) is 2.97. The van der Waals surface area contributed by atoms with Crippen molar-refractivity contribution >= 4 is 11.5 Å². The van der Waals surface area contributed by atoms with Gasteiger partial charge in [0.1, 0.15) is 11.5 Å². The number of nitrogen functional groups attached to an aromatic ring is 1. The Morgan fingerprint density at radius 1 is 1.33 bits per heavy atom. The Morgan fingerprint density at radius 3 is 2.62 bits per heavy atom. The summed E-state index contributed by atoms with van der Waals surface area (Å²) in [5, 5.41) is 3.16. The molecule has 0 bridgehead atoms. The van der Waals surface area contributed by atoms with Crippen molar-refractivity contribution < 1.29 is 0 Å². The number of likely N-dealkylation sites (N-methyl/N-ethyl adjacent to an activating group) is 1. The molecule has 0 radical (unpaired) electrons. The second-order valence-corrected chi connectivity index (χ2v) is 5.72. The average Bonchev–Trinajstić information content (AvgIpc) is 2.87. The van der Waals surface area contributed by atoms with Gasteiger partial charge in [-0.2, -0.15) is 0 Å². The predicted octanol–water partition coefficient (Wildman–Crippen LogP) is 0.0453. The number of nitrogens with one attached hydrogen (secondary N) is 1. The van der Waals surface area contributed by atoms with Crippen LogP contribution in [0.4, 0.5) is 11.5 Å². The van der Waals surface area contributed by atoms with Crippen LogP contribution in [0, 0.1) is 0 Å². The predicted molar refractivity (Wildman–Crippen MR) is 84.8 cm³/mol. The van der Waals surface area contributed by atoms with E-state index in [4.69, 9.17) is 5.73 Å². The first-order valence-electron chi connectivity index (χ1n) is 7.50. The number of nitrogens with two attached hydrogens (primary N) is 1. The van der Waals surface area contributed by atoms with E-state index in [1.54, 1.807) is 0 Å². The van der Waals surface area contributed by atoms with Gasteiger partial charge in [0.25, 0.3) is 5.56 Å². The topological polar surface area (TPSA) is 85.3 Å². The van der Waals surface area contributed by atoms with Crippen molar-refractivity contribution in [3.05, 3.63) is 20.8 Å². The fourth-order valence-corrected chi connectivity index (χ4v) is 2.85. The number of rotatable bonds is 5. The van der Waals surface area contributed by atoms with E-state index in [0.29, 0.717) is 24.8 Å². The monoisotopic (exact) mass is 295 g/mol. The largest absolute Gasteiger partial charge is 0.383 e. The molecule has 1 unspecified atom stereocenters. The summed E-state index contributed by atoms with van der Waals surface area (Å²) in [5.74, 6) is 0.241. The van der Waals surface area contributed by atoms with Gasteiger partial charge in [0, 0.05) is 26.2 Å². The van der Waals surface area contributed by atoms with Crippen molar-refractivity contribution in [2.75, 3.05) is 31.2 Å². The van der Waals surface area contributed by atoms with Crippen LogP contribution in [0.15, 0.2) is 9.59 Å². The number of anilines is 2. The summed E-state index contributed by atoms with van der Waals surface area (Å²) >= 11 is 0. The second kappa shape index (κ2) is 6.34. The van der Waals surface area contributed by atoms with Gasteiger partial charge in [0.15, 0.2) is 0 Å². The molecule has 0 amide bonds. The molecule has 0 aromatic carbocycles. The summed E-state index contributed by atoms with van der Waals surface area (Å²) in [6.45, 7) is 4.23. The van der Waals surface area contributed by atoms with Crippen LogP contribution in [0.5, 0.6) is 0 Å². The van der Waals surface area contributed by atoms with Gasteiger partial charge in [0.05, 0.1) is 0 Å². The van der Waals surface area contributed by atoms with Crippen LogP contribution < -0.4 is 22.3 Å². The molecular formula is C14H25N5O2. The van der Waals surface area contributed by atoms with Crippen LogP contribution in [-0.2, 0) is 13.6 Å². The third-order valence-electron chi connectivity index (χ3n) is 4.22. The zero-order chi connectivity index (χ0) is 15.6. The molecule has 1 atom stereocenters. The van der Waals surface area contributed by atoms with E-state index in [1.807, 2.05) is 6.92 Å². The average molecular weight is 295 g/mol. The summed E-state index contributed by atoms with van der Waals surface area (Å²) in [4.78, 5) is 26.6. The lowest BCUT2D eigenvalue weighted by Crippen LogP contribution is -2.42. The van der Waals surface area contributed by atoms with Crippen LogP contribution in [0.25, 0.3) is 0 Å². The Morgan fingerprint density at radius 2 is 2.05 bits per heavy atom. The maximum absolute atomic E-state index is 12.2. The smallest absolute Gasteiger partial charge is 0.332 e. The van der Waals surface area contributed by atoms with E-state index in [9.17, 15) is 9.59 Å². The molecule has 7 nitrogen and oxygen atoms in total. The van der Waals surface area contributed by atoms with Crippen molar-refractivity contribution in [1.29, 1.82) is 0 Å². The molecule has 1 aromatic rings. The molecular weight excluding hydrogens is 270 g/mol. The maximum atomic E-state index is 12.2. The molecule has 7 heteroatoms. The molecule has 1 aliphatic rings. The number of nitrogens with zero attached hydrogens (tertiary/aromatic N) is 3. The Kier molecular flexibility index (Phi) is 4.72. The third-order valence-corrected chi connectivity index (χ3v) is 4.22. The highest BCUT2D eigenvalue weighted by molar-refractivity contribution is 5.60. The van der Waals surface area contributed by atoms with E-state index >= 15 is 0 Å². The molecule has 1 aliphatic heterocycles. The SMILES string of the molecule is CCCn1c(N)c(NCC2CCCN2C)c(=O)n(C)c1=O. The molecule has 2 heterocycles. The number of hydrogen-bond acceptors (Lipinski definition) is 5. The summed E-state index contributed by atoms with van der Waals surface area (Å²) < 4.78 is 2.58. The Hall–Kier alpha value is -1.76. The number of likely N-dealkylation sites (tertiary alicyclic amines) is 1. The van der Waals surface area contributed by atoms with Gasteiger partial charge in [0.2, 0.25) is 0 Å². The minimum atomic E-state index is -0.358. The van der Waals surface area contributed by atoms with Crippen LogP contribution in [0.3, 0.4) is 0 Å². The minimum absolute atomic E-state index is 0.241. The Balaban J connectivity index is 2.30. The normalized spacial score (nSPS) is 19.1. The van der Waals surface area contributed by atoms with Gasteiger partial charge in [-0.15, -0.1) is 0 Å². The van der Waals surface area contributed by atoms with Gasteiger partial charge >= 0.3 is 5.69 Å². The van der Waals surface area contributed by atoms with E-state index in [2.05, 4.69) is 17.3 Å². The molecule has 1 fully saturated rings. The molecule has 3 N–H and O–H groups in total. The maximum Gasteiger partial charge on any atom is 0.332 e. The van der Waals surface area contributed by atoms with Crippen LogP contribution in [-0.4, -0.2) is 40.2 Å². The van der Waals surface area contributed by atoms with Crippen LogP contribution in [0.2, 0.25) is 0 Å². The van der Waals surface area contributed by atoms with E-state index in [1.165, 1.54) is 18.0 Å². The fourth-order valence-electron chi connectivity index (χ4n) is 2.85. The molecule has 118 valence electrons. The molecule has 0 saturated carbocycles. The van der Waals surface area contributed by atoms with Gasteiger partial charge in [-0.1, -0.05) is 6.92 Å². The zero-order valence-electron chi connectivity index (χ0n) is 13.1. The highest BCUT2D eigenvalue weighted by Crippen LogP contribution is 2.17. The van der Waals surface area contributed by atoms with Gasteiger partial charge < -0.3 is 16.0 Å². The van der Waals surface area contributed by atoms with Gasteiger partial charge in [-0.05, 0) is 32.9 Å². The number of hydrogen-bond donors (Lipinski definition) is 2. The lowest BCUT2D eigenvalue weighted by Gasteiger charge is -2.21. The standard InChI is InChI=1S/C14H25N5O2/c1-4-7-19-12(15)11(13(20)18(3)14(19)21)16-9-10-6-5-8-17(10)2/h10,16H,4-9,15H2,1-3H3. The molecule has 1 saturated heterocycles. The van der Waals surface area contributed by atoms with Crippen molar-refractivity contribution in [3.8, 4) is 0 Å². The van der Waals surface area contributed by atoms with Crippen molar-refractivity contribution in [2.45, 2.75) is 38.8 Å². The first-order chi connectivity index (χ1) is 9.97. The minimum Gasteiger partial charge on any atom is -0.383 e. The first kappa shape index (κ1) is 15.6. The molecule has 0 aliphatic carbocycles. The van der Waals surface area contributed by atoms with E-state index in [-0.39, 0.29) is 17.1 Å². The zero-order valence-corrected chi connectivity index (χ0v) is 13.1. The van der Waals surface area contributed by atoms with Crippen LogP contribution >= 0.6 is 0 Å². The lowest BCUT2D eigenvalue weighted by molar-refractivity contribution is 0.322. The first-order valence-corrected chi connectivity index (χ1v) is 7.50. The highest BCUT2D eigenvalue weighted by atomic mass is 16.2. The van der Waals surface area contributed by atoms with E-state index < -0.39 is 0 Å². The van der Waals surface area contributed by atoms with Crippen molar-refractivity contribution in [2.24, 2.45) is 7.05 Å². The Bertz CT molecular complexity index is 619. The summed E-state index contributed by atoms with van der Waals surface area (Å²) in [6, 6.07) is 0.403. The summed E-state index contributed by atoms with van der Waals surface area (Å²) in [6.07, 6.45) is 3.07. The summed E-state index contributed by atoms with van der Waals surface area (Å²) in [5.41, 5.74) is 5.66. The Labute approximate surface area is 124 Å². The number of aromatic nitrogens is 2.